The van der Waals surface area contributed by atoms with Gasteiger partial charge in [-0.25, -0.2) is 9.59 Å². The van der Waals surface area contributed by atoms with Crippen LogP contribution in [0.15, 0.2) is 24.3 Å². The first-order valence-corrected chi connectivity index (χ1v) is 27.1. The second-order valence-electron chi connectivity index (χ2n) is 22.3. The lowest BCUT2D eigenvalue weighted by Crippen LogP contribution is -2.66. The van der Waals surface area contributed by atoms with Gasteiger partial charge in [-0.2, -0.15) is 0 Å². The van der Waals surface area contributed by atoms with Gasteiger partial charge in [-0.1, -0.05) is 12.2 Å². The van der Waals surface area contributed by atoms with Crippen LogP contribution in [0.5, 0.6) is 0 Å². The summed E-state index contributed by atoms with van der Waals surface area (Å²) in [5.41, 5.74) is 0. The topological polar surface area (TPSA) is 421 Å². The summed E-state index contributed by atoms with van der Waals surface area (Å²) in [6.45, 7) is -2.09. The summed E-state index contributed by atoms with van der Waals surface area (Å²) >= 11 is 0. The van der Waals surface area contributed by atoms with E-state index in [1.54, 1.807) is 12.2 Å². The predicted molar refractivity (Wildman–Crippen MR) is 255 cm³/mol. The van der Waals surface area contributed by atoms with Crippen LogP contribution in [-0.2, 0) is 52.2 Å². The zero-order valence-corrected chi connectivity index (χ0v) is 42.6. The third-order valence-electron chi connectivity index (χ3n) is 16.9. The molecule has 0 radical (unpaired) electrons. The van der Waals surface area contributed by atoms with E-state index in [1.165, 1.54) is 12.2 Å². The minimum absolute atomic E-state index is 0.00201. The lowest BCUT2D eigenvalue weighted by Gasteiger charge is -2.53. The maximum absolute atomic E-state index is 13.0. The van der Waals surface area contributed by atoms with Crippen LogP contribution in [0.25, 0.3) is 0 Å². The first kappa shape index (κ1) is 60.6. The first-order valence-electron chi connectivity index (χ1n) is 27.1. The van der Waals surface area contributed by atoms with Crippen molar-refractivity contribution in [1.29, 1.82) is 0 Å². The Bertz CT molecular complexity index is 1920. The monoisotopic (exact) mass is 1110 g/mol. The van der Waals surface area contributed by atoms with Crippen LogP contribution in [0.4, 0.5) is 0 Å². The molecule has 77 heavy (non-hydrogen) atoms. The van der Waals surface area contributed by atoms with Crippen molar-refractivity contribution in [1.82, 2.24) is 0 Å². The fourth-order valence-corrected chi connectivity index (χ4v) is 12.2. The number of hydrogen-bond acceptors (Lipinski definition) is 26. The van der Waals surface area contributed by atoms with Crippen molar-refractivity contribution in [3.05, 3.63) is 24.3 Å². The molecule has 26 nitrogen and oxygen atoms in total. The molecule has 26 heteroatoms. The smallest absolute Gasteiger partial charge is 0.330 e. The number of carbonyl (C=O) groups excluding carboxylic acids is 2. The van der Waals surface area contributed by atoms with Crippen LogP contribution in [0, 0.1) is 23.7 Å². The van der Waals surface area contributed by atoms with Gasteiger partial charge in [0.05, 0.1) is 61.5 Å². The molecule has 0 bridgehead atoms. The zero-order valence-electron chi connectivity index (χ0n) is 42.6. The minimum Gasteiger partial charge on any atom is -0.460 e. The highest BCUT2D eigenvalue weighted by Crippen LogP contribution is 2.45. The summed E-state index contributed by atoms with van der Waals surface area (Å²) in [6, 6.07) is 0. The molecule has 0 spiro atoms. The van der Waals surface area contributed by atoms with Crippen LogP contribution in [0.2, 0.25) is 0 Å². The second-order valence-corrected chi connectivity index (χ2v) is 22.3. The average Bonchev–Trinajstić information content (AvgIpc) is 3.42. The molecule has 8 fully saturated rings. The number of hydrogen-bond donors (Lipinski definition) is 15. The van der Waals surface area contributed by atoms with E-state index in [0.717, 1.165) is 0 Å². The van der Waals surface area contributed by atoms with Crippen LogP contribution in [0.3, 0.4) is 0 Å². The normalized spacial score (nSPS) is 49.1. The molecule has 4 saturated heterocycles. The summed E-state index contributed by atoms with van der Waals surface area (Å²) in [5.74, 6) is -3.20. The molecule has 4 saturated carbocycles. The van der Waals surface area contributed by atoms with E-state index < -0.39 is 197 Å². The molecule has 440 valence electrons. The Labute approximate surface area is 444 Å². The van der Waals surface area contributed by atoms with Gasteiger partial charge in [-0.3, -0.25) is 0 Å². The molecule has 23 unspecified atom stereocenters. The van der Waals surface area contributed by atoms with Gasteiger partial charge in [-0.15, -0.1) is 0 Å². The van der Waals surface area contributed by atoms with E-state index in [0.29, 0.717) is 51.4 Å². The molecule has 4 heterocycles. The lowest BCUT2D eigenvalue weighted by atomic mass is 9.72. The van der Waals surface area contributed by atoms with Gasteiger partial charge in [0.25, 0.3) is 0 Å². The van der Waals surface area contributed by atoms with Crippen LogP contribution in [0.1, 0.15) is 83.5 Å². The first-order chi connectivity index (χ1) is 36.7. The van der Waals surface area contributed by atoms with Crippen molar-refractivity contribution < 1.29 is 129 Å². The number of allylic oxidation sites excluding steroid dienone is 2. The van der Waals surface area contributed by atoms with Gasteiger partial charge >= 0.3 is 11.9 Å². The summed E-state index contributed by atoms with van der Waals surface area (Å²) < 4.78 is 54.4. The van der Waals surface area contributed by atoms with Gasteiger partial charge in [0.1, 0.15) is 92.6 Å². The fraction of sp³-hybridized carbons (Fsp3) is 0.882. The van der Waals surface area contributed by atoms with Gasteiger partial charge in [-0.05, 0) is 94.8 Å². The fourth-order valence-electron chi connectivity index (χ4n) is 12.2. The molecule has 4 aliphatic heterocycles. The number of aliphatic hydroxyl groups excluding tert-OH is 15. The second kappa shape index (κ2) is 27.1. The molecule has 4 aliphatic carbocycles. The summed E-state index contributed by atoms with van der Waals surface area (Å²) in [7, 11) is 0. The highest BCUT2D eigenvalue weighted by Gasteiger charge is 2.57. The molecule has 0 amide bonds. The molecule has 8 aliphatic rings. The number of carbonyl (C=O) groups is 2. The number of esters is 2. The Morgan fingerprint density at radius 2 is 0.909 bits per heavy atom. The third-order valence-corrected chi connectivity index (χ3v) is 16.9. The number of aliphatic hydroxyl groups is 15. The standard InChI is InChI=1S/C51H80O26/c52-18-33-39(61)42(64)45(67)49(74-33)72-31-16-26(55)15-30-27(31)17-32(47(71-30)23-13-28(56)38(60)29(57)14-23)73-51-48(44(66)41(63)35(76-51)20-70-37(59)12-6-22-3-9-25(54)10-4-22)77-50-46(68)43(65)40(62)34(75-50)19-69-36(58)11-5-21-1-7-24(53)8-2-21/h5-6,11-12,21-35,38-57,60-68H,1-4,7-10,13-20H2. The Hall–Kier alpha value is -2.46. The van der Waals surface area contributed by atoms with Crippen molar-refractivity contribution in [3.63, 3.8) is 0 Å². The number of ether oxygens (including phenoxy) is 9. The molecule has 23 atom stereocenters. The Balaban J connectivity index is 1.05. The molecule has 15 N–H and O–H groups in total. The largest absolute Gasteiger partial charge is 0.460 e. The van der Waals surface area contributed by atoms with Crippen molar-refractivity contribution >= 4 is 11.9 Å². The van der Waals surface area contributed by atoms with Crippen LogP contribution >= 0.6 is 0 Å². The van der Waals surface area contributed by atoms with Crippen LogP contribution in [-0.4, -0.2) is 262 Å². The molecular formula is C51H80O26. The SMILES string of the molecule is O=C(C=CC1CCC(O)CC1)OCC1OC(OC2C(OC3CC4C(OC5OC(CO)C(O)C(O)C5O)CC(O)CC4OC3C3CC(O)C(O)C(O)C3)OC(COC(=O)C=CC3CCC(O)CC3)C(O)C2O)C(O)C(O)C1O. The number of fused-ring (bicyclic) bond motifs is 1. The van der Waals surface area contributed by atoms with Crippen molar-refractivity contribution in [2.75, 3.05) is 19.8 Å². The average molecular weight is 1110 g/mol. The van der Waals surface area contributed by atoms with Gasteiger partial charge in [0, 0.05) is 24.5 Å². The molecule has 0 aromatic carbocycles. The van der Waals surface area contributed by atoms with E-state index in [9.17, 15) is 86.2 Å². The van der Waals surface area contributed by atoms with E-state index in [4.69, 9.17) is 42.6 Å². The van der Waals surface area contributed by atoms with Crippen molar-refractivity contribution in [3.8, 4) is 0 Å². The van der Waals surface area contributed by atoms with E-state index in [-0.39, 0.29) is 43.9 Å². The van der Waals surface area contributed by atoms with E-state index in [1.807, 2.05) is 0 Å². The molecule has 0 aromatic rings. The Morgan fingerprint density at radius 3 is 1.44 bits per heavy atom. The Kier molecular flexibility index (Phi) is 21.3. The quantitative estimate of drug-likeness (QED) is 0.0508. The molecule has 8 rings (SSSR count). The van der Waals surface area contributed by atoms with E-state index >= 15 is 0 Å². The maximum Gasteiger partial charge on any atom is 0.330 e. The van der Waals surface area contributed by atoms with Gasteiger partial charge < -0.3 is 119 Å². The van der Waals surface area contributed by atoms with Gasteiger partial charge in [0.2, 0.25) is 0 Å². The highest BCUT2D eigenvalue weighted by atomic mass is 16.8. The highest BCUT2D eigenvalue weighted by molar-refractivity contribution is 5.82. The summed E-state index contributed by atoms with van der Waals surface area (Å²) in [5, 5.41) is 162. The molecule has 0 aromatic heterocycles. The Morgan fingerprint density at radius 1 is 0.442 bits per heavy atom. The zero-order chi connectivity index (χ0) is 55.4. The molecular weight excluding hydrogens is 1030 g/mol. The predicted octanol–water partition coefficient (Wildman–Crippen LogP) is -5.08. The van der Waals surface area contributed by atoms with E-state index in [2.05, 4.69) is 0 Å². The third kappa shape index (κ3) is 14.8. The number of rotatable bonds is 16. The van der Waals surface area contributed by atoms with Crippen LogP contribution < -0.4 is 0 Å². The summed E-state index contributed by atoms with van der Waals surface area (Å²) in [4.78, 5) is 25.8. The van der Waals surface area contributed by atoms with Gasteiger partial charge in [0.15, 0.2) is 18.9 Å². The van der Waals surface area contributed by atoms with Crippen molar-refractivity contribution in [2.45, 2.75) is 237 Å². The minimum atomic E-state index is -2.06. The maximum atomic E-state index is 13.0. The summed E-state index contributed by atoms with van der Waals surface area (Å²) in [6.07, 6.45) is -27.5. The lowest BCUT2D eigenvalue weighted by molar-refractivity contribution is -0.380. The van der Waals surface area contributed by atoms with Crippen molar-refractivity contribution in [2.24, 2.45) is 23.7 Å².